The van der Waals surface area contributed by atoms with Crippen LogP contribution in [0.15, 0.2) is 71.9 Å². The number of aryl methyl sites for hydroxylation is 2. The minimum absolute atomic E-state index is 0.0725. The zero-order chi connectivity index (χ0) is 18.8. The highest BCUT2D eigenvalue weighted by Gasteiger charge is 2.02. The van der Waals surface area contributed by atoms with Crippen molar-refractivity contribution in [3.63, 3.8) is 0 Å². The zero-order valence-electron chi connectivity index (χ0n) is 15.4. The Kier molecular flexibility index (Phi) is 7.37. The van der Waals surface area contributed by atoms with Crippen LogP contribution in [0.1, 0.15) is 23.6 Å². The monoisotopic (exact) mass is 348 g/mol. The fraction of sp³-hybridized carbons (Fsp3) is 0.182. The summed E-state index contributed by atoms with van der Waals surface area (Å²) in [6, 6.07) is 15.8. The number of nitrogens with zero attached hydrogens (tertiary/aromatic N) is 1. The summed E-state index contributed by atoms with van der Waals surface area (Å²) in [6.07, 6.45) is 7.63. The Bertz CT molecular complexity index is 821. The fourth-order valence-electron chi connectivity index (χ4n) is 2.10. The second-order valence-corrected chi connectivity index (χ2v) is 5.95. The van der Waals surface area contributed by atoms with E-state index in [1.54, 1.807) is 0 Å². The van der Waals surface area contributed by atoms with E-state index in [1.807, 2.05) is 93.6 Å². The molecule has 0 fully saturated rings. The largest absolute Gasteiger partial charge is 0.484 e. The van der Waals surface area contributed by atoms with Gasteiger partial charge in [0.1, 0.15) is 5.75 Å². The third-order valence-electron chi connectivity index (χ3n) is 3.74. The molecule has 0 heterocycles. The van der Waals surface area contributed by atoms with Crippen molar-refractivity contribution in [2.24, 2.45) is 5.10 Å². The van der Waals surface area contributed by atoms with E-state index in [0.29, 0.717) is 11.5 Å². The summed E-state index contributed by atoms with van der Waals surface area (Å²) in [4.78, 5) is 11.8. The van der Waals surface area contributed by atoms with Crippen molar-refractivity contribution in [2.75, 3.05) is 6.61 Å². The summed E-state index contributed by atoms with van der Waals surface area (Å²) in [7, 11) is 0. The number of carbonyl (C=O) groups excluding carboxylic acids is 1. The SMILES string of the molecule is CC(C=CC=Cc1ccccc1)=NNC(=O)COc1ccc(C)c(C)c1. The highest BCUT2D eigenvalue weighted by Crippen LogP contribution is 2.16. The molecule has 134 valence electrons. The number of carbonyl (C=O) groups is 1. The fourth-order valence-corrected chi connectivity index (χ4v) is 2.10. The second kappa shape index (κ2) is 9.99. The molecule has 0 bridgehead atoms. The molecule has 0 aliphatic heterocycles. The van der Waals surface area contributed by atoms with Crippen LogP contribution in [0.4, 0.5) is 0 Å². The average Bonchev–Trinajstić information content (AvgIpc) is 2.65. The van der Waals surface area contributed by atoms with Crippen LogP contribution in [0, 0.1) is 13.8 Å². The molecule has 1 N–H and O–H groups in total. The molecule has 26 heavy (non-hydrogen) atoms. The van der Waals surface area contributed by atoms with E-state index >= 15 is 0 Å². The molecule has 4 nitrogen and oxygen atoms in total. The van der Waals surface area contributed by atoms with Crippen molar-refractivity contribution in [3.05, 3.63) is 83.4 Å². The summed E-state index contributed by atoms with van der Waals surface area (Å²) < 4.78 is 5.47. The predicted octanol–water partition coefficient (Wildman–Crippen LogP) is 4.44. The molecule has 2 aromatic rings. The van der Waals surface area contributed by atoms with Crippen LogP contribution in [-0.2, 0) is 4.79 Å². The van der Waals surface area contributed by atoms with Crippen molar-refractivity contribution in [1.29, 1.82) is 0 Å². The van der Waals surface area contributed by atoms with Crippen LogP contribution in [-0.4, -0.2) is 18.2 Å². The molecule has 0 saturated heterocycles. The molecule has 0 aromatic heterocycles. The van der Waals surface area contributed by atoms with E-state index in [9.17, 15) is 4.79 Å². The maximum absolute atomic E-state index is 11.8. The Labute approximate surface area is 154 Å². The van der Waals surface area contributed by atoms with E-state index in [4.69, 9.17) is 4.74 Å². The minimum atomic E-state index is -0.296. The van der Waals surface area contributed by atoms with Crippen molar-refractivity contribution in [2.45, 2.75) is 20.8 Å². The van der Waals surface area contributed by atoms with Gasteiger partial charge >= 0.3 is 0 Å². The van der Waals surface area contributed by atoms with Crippen molar-refractivity contribution in [3.8, 4) is 5.75 Å². The molecule has 4 heteroatoms. The Morgan fingerprint density at radius 1 is 1.08 bits per heavy atom. The molecule has 0 unspecified atom stereocenters. The van der Waals surface area contributed by atoms with E-state index in [0.717, 1.165) is 11.1 Å². The van der Waals surface area contributed by atoms with Gasteiger partial charge in [-0.15, -0.1) is 0 Å². The number of benzene rings is 2. The highest BCUT2D eigenvalue weighted by molar-refractivity contribution is 5.94. The molecule has 2 aromatic carbocycles. The van der Waals surface area contributed by atoms with Crippen molar-refractivity contribution in [1.82, 2.24) is 5.43 Å². The Balaban J connectivity index is 1.76. The number of ether oxygens (including phenoxy) is 1. The van der Waals surface area contributed by atoms with Gasteiger partial charge in [-0.1, -0.05) is 54.6 Å². The van der Waals surface area contributed by atoms with Crippen LogP contribution in [0.3, 0.4) is 0 Å². The average molecular weight is 348 g/mol. The van der Waals surface area contributed by atoms with E-state index in [-0.39, 0.29) is 12.5 Å². The predicted molar refractivity (Wildman–Crippen MR) is 107 cm³/mol. The Hall–Kier alpha value is -3.14. The summed E-state index contributed by atoms with van der Waals surface area (Å²) in [5, 5.41) is 4.03. The Morgan fingerprint density at radius 3 is 2.58 bits per heavy atom. The maximum atomic E-state index is 11.8. The molecule has 0 spiro atoms. The first-order valence-electron chi connectivity index (χ1n) is 8.47. The number of amides is 1. The molecule has 2 rings (SSSR count). The van der Waals surface area contributed by atoms with Crippen LogP contribution < -0.4 is 10.2 Å². The lowest BCUT2D eigenvalue weighted by Gasteiger charge is -2.07. The number of hydrazone groups is 1. The van der Waals surface area contributed by atoms with Crippen LogP contribution >= 0.6 is 0 Å². The zero-order valence-corrected chi connectivity index (χ0v) is 15.4. The van der Waals surface area contributed by atoms with Crippen LogP contribution in [0.5, 0.6) is 5.75 Å². The number of hydrogen-bond donors (Lipinski definition) is 1. The first kappa shape index (κ1) is 19.2. The third kappa shape index (κ3) is 6.77. The van der Waals surface area contributed by atoms with Crippen LogP contribution in [0.25, 0.3) is 6.08 Å². The van der Waals surface area contributed by atoms with E-state index in [2.05, 4.69) is 10.5 Å². The lowest BCUT2D eigenvalue weighted by molar-refractivity contribution is -0.123. The number of rotatable bonds is 7. The van der Waals surface area contributed by atoms with Gasteiger partial charge in [0.2, 0.25) is 0 Å². The first-order valence-corrected chi connectivity index (χ1v) is 8.47. The molecule has 0 radical (unpaired) electrons. The number of nitrogens with one attached hydrogen (secondary N) is 1. The van der Waals surface area contributed by atoms with Gasteiger partial charge < -0.3 is 4.74 Å². The van der Waals surface area contributed by atoms with Crippen molar-refractivity contribution >= 4 is 17.7 Å². The summed E-state index contributed by atoms with van der Waals surface area (Å²) in [6.45, 7) is 5.79. The molecule has 0 saturated carbocycles. The summed E-state index contributed by atoms with van der Waals surface area (Å²) >= 11 is 0. The molecule has 1 amide bonds. The quantitative estimate of drug-likeness (QED) is 0.457. The third-order valence-corrected chi connectivity index (χ3v) is 3.74. The molecular weight excluding hydrogens is 324 g/mol. The first-order chi connectivity index (χ1) is 12.5. The normalized spacial score (nSPS) is 11.9. The van der Waals surface area contributed by atoms with E-state index < -0.39 is 0 Å². The molecular formula is C22H24N2O2. The molecule has 0 aliphatic rings. The smallest absolute Gasteiger partial charge is 0.277 e. The minimum Gasteiger partial charge on any atom is -0.484 e. The number of allylic oxidation sites excluding steroid dienone is 3. The van der Waals surface area contributed by atoms with E-state index in [1.165, 1.54) is 5.56 Å². The van der Waals surface area contributed by atoms with Crippen LogP contribution in [0.2, 0.25) is 0 Å². The second-order valence-electron chi connectivity index (χ2n) is 5.95. The topological polar surface area (TPSA) is 50.7 Å². The summed E-state index contributed by atoms with van der Waals surface area (Å²) in [5.41, 5.74) is 6.63. The molecule has 0 aliphatic carbocycles. The van der Waals surface area contributed by atoms with Gasteiger partial charge in [0.15, 0.2) is 6.61 Å². The maximum Gasteiger partial charge on any atom is 0.277 e. The van der Waals surface area contributed by atoms with Gasteiger partial charge in [-0.2, -0.15) is 5.10 Å². The summed E-state index contributed by atoms with van der Waals surface area (Å²) in [5.74, 6) is 0.380. The number of hydrogen-bond acceptors (Lipinski definition) is 3. The van der Waals surface area contributed by atoms with Gasteiger partial charge in [0, 0.05) is 0 Å². The van der Waals surface area contributed by atoms with Gasteiger partial charge in [-0.05, 0) is 55.7 Å². The highest BCUT2D eigenvalue weighted by atomic mass is 16.5. The van der Waals surface area contributed by atoms with Gasteiger partial charge in [0.25, 0.3) is 5.91 Å². The van der Waals surface area contributed by atoms with Gasteiger partial charge in [-0.25, -0.2) is 5.43 Å². The van der Waals surface area contributed by atoms with Gasteiger partial charge in [-0.3, -0.25) is 4.79 Å². The Morgan fingerprint density at radius 2 is 1.85 bits per heavy atom. The standard InChI is InChI=1S/C22H24N2O2/c1-17-13-14-21(15-18(17)2)26-16-22(25)24-23-19(3)9-7-8-12-20-10-5-4-6-11-20/h4-15H,16H2,1-3H3,(H,24,25). The lowest BCUT2D eigenvalue weighted by atomic mass is 10.1. The van der Waals surface area contributed by atoms with Gasteiger partial charge in [0.05, 0.1) is 5.71 Å². The lowest BCUT2D eigenvalue weighted by Crippen LogP contribution is -2.25. The van der Waals surface area contributed by atoms with Crippen molar-refractivity contribution < 1.29 is 9.53 Å². The molecule has 0 atom stereocenters.